The molecule has 2 aromatic carbocycles. The van der Waals surface area contributed by atoms with Crippen molar-refractivity contribution in [1.82, 2.24) is 14.9 Å². The number of halogens is 1. The van der Waals surface area contributed by atoms with Crippen molar-refractivity contribution in [3.05, 3.63) is 64.5 Å². The fourth-order valence-corrected chi connectivity index (χ4v) is 2.75. The molecule has 9 heteroatoms. The van der Waals surface area contributed by atoms with Gasteiger partial charge in [0.25, 0.3) is 5.56 Å². The molecule has 8 nitrogen and oxygen atoms in total. The van der Waals surface area contributed by atoms with E-state index in [2.05, 4.69) is 15.6 Å². The van der Waals surface area contributed by atoms with E-state index in [0.29, 0.717) is 11.4 Å². The van der Waals surface area contributed by atoms with Gasteiger partial charge in [0, 0.05) is 6.07 Å². The lowest BCUT2D eigenvalue weighted by Gasteiger charge is -2.12. The first-order valence-corrected chi connectivity index (χ1v) is 8.73. The largest absolute Gasteiger partial charge is 0.495 e. The van der Waals surface area contributed by atoms with E-state index in [1.165, 1.54) is 19.5 Å². The summed E-state index contributed by atoms with van der Waals surface area (Å²) in [6.45, 7) is 1.28. The van der Waals surface area contributed by atoms with Gasteiger partial charge in [0.15, 0.2) is 0 Å². The quantitative estimate of drug-likeness (QED) is 0.657. The van der Waals surface area contributed by atoms with E-state index in [9.17, 15) is 18.8 Å². The van der Waals surface area contributed by atoms with Gasteiger partial charge in [-0.05, 0) is 36.8 Å². The zero-order chi connectivity index (χ0) is 21.0. The maximum atomic E-state index is 13.2. The molecule has 1 aromatic heterocycles. The van der Waals surface area contributed by atoms with Crippen LogP contribution in [0.25, 0.3) is 10.9 Å². The number of carbonyl (C=O) groups excluding carboxylic acids is 2. The summed E-state index contributed by atoms with van der Waals surface area (Å²) in [7, 11) is 1.49. The van der Waals surface area contributed by atoms with Gasteiger partial charge in [-0.2, -0.15) is 0 Å². The second-order valence-electron chi connectivity index (χ2n) is 6.37. The predicted molar refractivity (Wildman–Crippen MR) is 105 cm³/mol. The summed E-state index contributed by atoms with van der Waals surface area (Å²) in [6.07, 6.45) is 1.17. The Balaban J connectivity index is 1.62. The highest BCUT2D eigenvalue weighted by Crippen LogP contribution is 2.24. The van der Waals surface area contributed by atoms with Crippen LogP contribution in [0.5, 0.6) is 5.75 Å². The molecule has 0 aliphatic heterocycles. The number of aromatic nitrogens is 2. The predicted octanol–water partition coefficient (Wildman–Crippen LogP) is 1.61. The number of anilines is 1. The molecule has 2 N–H and O–H groups in total. The molecule has 0 atom stereocenters. The number of hydrogen-bond donors (Lipinski definition) is 2. The molecular weight excluding hydrogens is 379 g/mol. The number of nitrogens with zero attached hydrogens (tertiary/aromatic N) is 2. The van der Waals surface area contributed by atoms with Gasteiger partial charge in [0.05, 0.1) is 36.6 Å². The van der Waals surface area contributed by atoms with Gasteiger partial charge in [-0.25, -0.2) is 9.37 Å². The SMILES string of the molecule is COc1ccc(C)cc1NC(=O)CNC(=O)Cn1cnc2cc(F)ccc2c1=O. The zero-order valence-corrected chi connectivity index (χ0v) is 15.9. The second-order valence-corrected chi connectivity index (χ2v) is 6.37. The first kappa shape index (κ1) is 20.0. The van der Waals surface area contributed by atoms with Crippen LogP contribution in [0, 0.1) is 12.7 Å². The number of benzene rings is 2. The highest BCUT2D eigenvalue weighted by Gasteiger charge is 2.12. The van der Waals surface area contributed by atoms with Gasteiger partial charge in [0.1, 0.15) is 18.1 Å². The van der Waals surface area contributed by atoms with Crippen LogP contribution in [-0.2, 0) is 16.1 Å². The van der Waals surface area contributed by atoms with Gasteiger partial charge >= 0.3 is 0 Å². The number of fused-ring (bicyclic) bond motifs is 1. The normalized spacial score (nSPS) is 10.6. The van der Waals surface area contributed by atoms with E-state index >= 15 is 0 Å². The van der Waals surface area contributed by atoms with Crippen molar-refractivity contribution < 1.29 is 18.7 Å². The number of amides is 2. The third kappa shape index (κ3) is 4.75. The molecule has 2 amide bonds. The van der Waals surface area contributed by atoms with E-state index in [1.807, 2.05) is 13.0 Å². The summed E-state index contributed by atoms with van der Waals surface area (Å²) in [4.78, 5) is 40.6. The van der Waals surface area contributed by atoms with Gasteiger partial charge in [-0.1, -0.05) is 6.07 Å². The van der Waals surface area contributed by atoms with E-state index < -0.39 is 23.2 Å². The number of ether oxygens (including phenoxy) is 1. The van der Waals surface area contributed by atoms with Crippen molar-refractivity contribution >= 4 is 28.4 Å². The third-order valence-electron chi connectivity index (χ3n) is 4.18. The Morgan fingerprint density at radius 2 is 1.97 bits per heavy atom. The third-order valence-corrected chi connectivity index (χ3v) is 4.18. The molecule has 0 saturated heterocycles. The molecule has 3 rings (SSSR count). The van der Waals surface area contributed by atoms with Crippen LogP contribution in [0.2, 0.25) is 0 Å². The summed E-state index contributed by atoms with van der Waals surface area (Å²) in [5.74, 6) is -0.986. The lowest BCUT2D eigenvalue weighted by Crippen LogP contribution is -2.37. The molecule has 150 valence electrons. The van der Waals surface area contributed by atoms with Crippen LogP contribution < -0.4 is 20.9 Å². The monoisotopic (exact) mass is 398 g/mol. The molecule has 0 spiro atoms. The minimum atomic E-state index is -0.540. The van der Waals surface area contributed by atoms with Crippen LogP contribution in [0.3, 0.4) is 0 Å². The van der Waals surface area contributed by atoms with Crippen molar-refractivity contribution in [2.75, 3.05) is 19.0 Å². The Kier molecular flexibility index (Phi) is 5.87. The summed E-state index contributed by atoms with van der Waals surface area (Å²) in [6, 6.07) is 8.94. The smallest absolute Gasteiger partial charge is 0.261 e. The Labute approximate surface area is 165 Å². The summed E-state index contributed by atoms with van der Waals surface area (Å²) in [5, 5.41) is 5.32. The van der Waals surface area contributed by atoms with Crippen molar-refractivity contribution in [3.8, 4) is 5.75 Å². The van der Waals surface area contributed by atoms with Crippen molar-refractivity contribution in [2.24, 2.45) is 0 Å². The molecule has 0 aliphatic carbocycles. The highest BCUT2D eigenvalue weighted by atomic mass is 19.1. The average Bonchev–Trinajstić information content (AvgIpc) is 2.69. The lowest BCUT2D eigenvalue weighted by molar-refractivity contribution is -0.124. The van der Waals surface area contributed by atoms with Gasteiger partial charge in [-0.15, -0.1) is 0 Å². The number of methoxy groups -OCH3 is 1. The minimum Gasteiger partial charge on any atom is -0.495 e. The Bertz CT molecular complexity index is 1140. The molecule has 29 heavy (non-hydrogen) atoms. The Morgan fingerprint density at radius 1 is 1.17 bits per heavy atom. The highest BCUT2D eigenvalue weighted by molar-refractivity contribution is 5.95. The molecule has 1 heterocycles. The van der Waals surface area contributed by atoms with Crippen molar-refractivity contribution in [1.29, 1.82) is 0 Å². The number of carbonyl (C=O) groups is 2. The second kappa shape index (κ2) is 8.51. The van der Waals surface area contributed by atoms with Crippen LogP contribution in [0.15, 0.2) is 47.5 Å². The summed E-state index contributed by atoms with van der Waals surface area (Å²) < 4.78 is 19.5. The molecule has 0 radical (unpaired) electrons. The molecular formula is C20H19FN4O4. The fourth-order valence-electron chi connectivity index (χ4n) is 2.75. The maximum Gasteiger partial charge on any atom is 0.261 e. The standard InChI is InChI=1S/C20H19FN4O4/c1-12-3-6-17(29-2)16(7-12)24-18(26)9-22-19(27)10-25-11-23-15-8-13(21)4-5-14(15)20(25)28/h3-8,11H,9-10H2,1-2H3,(H,22,27)(H,24,26). The van der Waals surface area contributed by atoms with Crippen LogP contribution in [-0.4, -0.2) is 35.0 Å². The number of nitrogens with one attached hydrogen (secondary N) is 2. The topological polar surface area (TPSA) is 102 Å². The van der Waals surface area contributed by atoms with Crippen LogP contribution in [0.1, 0.15) is 5.56 Å². The molecule has 0 bridgehead atoms. The molecule has 0 fully saturated rings. The average molecular weight is 398 g/mol. The molecule has 0 unspecified atom stereocenters. The zero-order valence-electron chi connectivity index (χ0n) is 15.9. The maximum absolute atomic E-state index is 13.2. The Hall–Kier alpha value is -3.75. The Morgan fingerprint density at radius 3 is 2.72 bits per heavy atom. The molecule has 3 aromatic rings. The van der Waals surface area contributed by atoms with Crippen molar-refractivity contribution in [2.45, 2.75) is 13.5 Å². The van der Waals surface area contributed by atoms with Crippen LogP contribution in [0.4, 0.5) is 10.1 Å². The fraction of sp³-hybridized carbons (Fsp3) is 0.200. The molecule has 0 saturated carbocycles. The van der Waals surface area contributed by atoms with Gasteiger partial charge < -0.3 is 15.4 Å². The van der Waals surface area contributed by atoms with Gasteiger partial charge in [0.2, 0.25) is 11.8 Å². The number of rotatable bonds is 6. The minimum absolute atomic E-state index is 0.200. The summed E-state index contributed by atoms with van der Waals surface area (Å²) >= 11 is 0. The van der Waals surface area contributed by atoms with Crippen molar-refractivity contribution in [3.63, 3.8) is 0 Å². The number of hydrogen-bond acceptors (Lipinski definition) is 5. The summed E-state index contributed by atoms with van der Waals surface area (Å²) in [5.41, 5.74) is 1.17. The molecule has 0 aliphatic rings. The van der Waals surface area contributed by atoms with E-state index in [-0.39, 0.29) is 24.0 Å². The van der Waals surface area contributed by atoms with E-state index in [0.717, 1.165) is 22.3 Å². The van der Waals surface area contributed by atoms with E-state index in [4.69, 9.17) is 4.74 Å². The van der Waals surface area contributed by atoms with E-state index in [1.54, 1.807) is 12.1 Å². The van der Waals surface area contributed by atoms with Gasteiger partial charge in [-0.3, -0.25) is 19.0 Å². The first-order valence-electron chi connectivity index (χ1n) is 8.73. The van der Waals surface area contributed by atoms with Crippen LogP contribution >= 0.6 is 0 Å². The lowest BCUT2D eigenvalue weighted by atomic mass is 10.2. The number of aryl methyl sites for hydroxylation is 1. The first-order chi connectivity index (χ1) is 13.9.